The Kier molecular flexibility index (Phi) is 8.73. The largest absolute Gasteiger partial charge is 0.243 e. The van der Waals surface area contributed by atoms with Crippen LogP contribution in [0.15, 0.2) is 58.7 Å². The van der Waals surface area contributed by atoms with Crippen LogP contribution in [0.4, 0.5) is 0 Å². The van der Waals surface area contributed by atoms with Crippen molar-refractivity contribution in [1.82, 2.24) is 4.31 Å². The summed E-state index contributed by atoms with van der Waals surface area (Å²) in [6.45, 7) is 15.4. The minimum Gasteiger partial charge on any atom is -0.207 e. The maximum Gasteiger partial charge on any atom is 0.243 e. The lowest BCUT2D eigenvalue weighted by molar-refractivity contribution is 0.397. The maximum atomic E-state index is 13.3. The molecule has 1 atom stereocenters. The van der Waals surface area contributed by atoms with Crippen LogP contribution < -0.4 is 0 Å². The monoisotopic (exact) mass is 429 g/mol. The van der Waals surface area contributed by atoms with E-state index in [4.69, 9.17) is 0 Å². The molecule has 30 heavy (non-hydrogen) atoms. The van der Waals surface area contributed by atoms with Crippen molar-refractivity contribution in [3.05, 3.63) is 59.4 Å². The molecular formula is C26H39NO2S. The molecular weight excluding hydrogens is 390 g/mol. The van der Waals surface area contributed by atoms with Gasteiger partial charge in [0.1, 0.15) is 0 Å². The summed E-state index contributed by atoms with van der Waals surface area (Å²) < 4.78 is 28.1. The minimum absolute atomic E-state index is 0.00804. The molecule has 1 saturated carbocycles. The smallest absolute Gasteiger partial charge is 0.207 e. The number of sulfonamides is 1. The van der Waals surface area contributed by atoms with Gasteiger partial charge in [-0.05, 0) is 55.9 Å². The average molecular weight is 430 g/mol. The van der Waals surface area contributed by atoms with Crippen molar-refractivity contribution in [2.75, 3.05) is 13.1 Å². The summed E-state index contributed by atoms with van der Waals surface area (Å²) in [6, 6.07) is 7.09. The molecule has 1 unspecified atom stereocenters. The fraction of sp³-hybridized carbons (Fsp3) is 0.577. The zero-order chi connectivity index (χ0) is 22.4. The second-order valence-electron chi connectivity index (χ2n) is 9.05. The summed E-state index contributed by atoms with van der Waals surface area (Å²) in [6.07, 6.45) is 8.61. The Morgan fingerprint density at radius 2 is 1.70 bits per heavy atom. The molecule has 0 amide bonds. The topological polar surface area (TPSA) is 37.4 Å². The van der Waals surface area contributed by atoms with Crippen LogP contribution in [0.3, 0.4) is 0 Å². The summed E-state index contributed by atoms with van der Waals surface area (Å²) in [5.74, 6) is 0.205. The van der Waals surface area contributed by atoms with Crippen LogP contribution in [-0.2, 0) is 10.0 Å². The first-order valence-electron chi connectivity index (χ1n) is 11.3. The Morgan fingerprint density at radius 3 is 2.20 bits per heavy atom. The van der Waals surface area contributed by atoms with Crippen molar-refractivity contribution >= 4 is 10.0 Å². The highest BCUT2D eigenvalue weighted by atomic mass is 32.2. The predicted octanol–water partition coefficient (Wildman–Crippen LogP) is 6.66. The number of aryl methyl sites for hydroxylation is 1. The van der Waals surface area contributed by atoms with Crippen LogP contribution in [0.5, 0.6) is 0 Å². The molecule has 1 aromatic rings. The molecule has 2 rings (SSSR count). The molecule has 0 aromatic heterocycles. The fourth-order valence-electron chi connectivity index (χ4n) is 3.91. The molecule has 1 aromatic carbocycles. The third-order valence-electron chi connectivity index (χ3n) is 6.18. The van der Waals surface area contributed by atoms with Crippen molar-refractivity contribution in [3.63, 3.8) is 0 Å². The Labute approximate surface area is 184 Å². The zero-order valence-electron chi connectivity index (χ0n) is 19.5. The normalized spacial score (nSPS) is 17.7. The van der Waals surface area contributed by atoms with Crippen LogP contribution in [0.1, 0.15) is 71.8 Å². The van der Waals surface area contributed by atoms with Crippen molar-refractivity contribution in [1.29, 1.82) is 0 Å². The molecule has 0 radical (unpaired) electrons. The van der Waals surface area contributed by atoms with E-state index in [1.807, 2.05) is 19.1 Å². The van der Waals surface area contributed by atoms with Crippen molar-refractivity contribution in [2.45, 2.75) is 78.0 Å². The first kappa shape index (κ1) is 24.7. The van der Waals surface area contributed by atoms with Crippen molar-refractivity contribution < 1.29 is 8.42 Å². The first-order chi connectivity index (χ1) is 14.2. The van der Waals surface area contributed by atoms with Crippen molar-refractivity contribution in [3.8, 4) is 0 Å². The van der Waals surface area contributed by atoms with Gasteiger partial charge in [-0.25, -0.2) is 8.42 Å². The number of hydrogen-bond donors (Lipinski definition) is 0. The van der Waals surface area contributed by atoms with Gasteiger partial charge in [0.05, 0.1) is 4.90 Å². The summed E-state index contributed by atoms with van der Waals surface area (Å²) in [5.41, 5.74) is 7.46. The van der Waals surface area contributed by atoms with Gasteiger partial charge in [0.2, 0.25) is 10.0 Å². The Hall–Kier alpha value is -1.61. The molecule has 166 valence electrons. The van der Waals surface area contributed by atoms with E-state index in [2.05, 4.69) is 40.0 Å². The van der Waals surface area contributed by atoms with Crippen molar-refractivity contribution in [2.24, 2.45) is 11.3 Å². The van der Waals surface area contributed by atoms with Gasteiger partial charge in [-0.1, -0.05) is 64.3 Å². The van der Waals surface area contributed by atoms with E-state index in [9.17, 15) is 8.42 Å². The maximum absolute atomic E-state index is 13.3. The van der Waals surface area contributed by atoms with Crippen LogP contribution in [-0.4, -0.2) is 25.8 Å². The Bertz CT molecular complexity index is 877. The molecule has 0 N–H and O–H groups in total. The number of rotatable bonds is 12. The van der Waals surface area contributed by atoms with Gasteiger partial charge in [-0.15, -0.1) is 12.3 Å². The lowest BCUT2D eigenvalue weighted by atomic mass is 10.0. The van der Waals surface area contributed by atoms with Crippen LogP contribution in [0.2, 0.25) is 0 Å². The van der Waals surface area contributed by atoms with E-state index in [-0.39, 0.29) is 11.3 Å². The van der Waals surface area contributed by atoms with Crippen LogP contribution in [0.25, 0.3) is 0 Å². The standard InChI is InChI=1S/C26H39NO2S/c1-7-10-12-22(13-11-8-2)19-24-25(26(24,5)6)20-27(18-9-3)30(28,29)23-16-14-21(4)15-17-23/h9,14-17,25H,3,7-8,10-13,18,20H2,1-2,4-6H3. The SMILES string of the molecule is C=CCN(CC1C(=C=C(CCCC)CCCC)C1(C)C)S(=O)(=O)c1ccc(C)cc1. The van der Waals surface area contributed by atoms with E-state index in [0.717, 1.165) is 18.4 Å². The van der Waals surface area contributed by atoms with E-state index in [1.54, 1.807) is 22.5 Å². The number of nitrogens with zero attached hydrogens (tertiary/aromatic N) is 1. The molecule has 4 heteroatoms. The average Bonchev–Trinajstić information content (AvgIpc) is 3.22. The van der Waals surface area contributed by atoms with E-state index < -0.39 is 10.0 Å². The third-order valence-corrected chi connectivity index (χ3v) is 8.03. The molecule has 0 heterocycles. The number of hydrogen-bond acceptors (Lipinski definition) is 2. The molecule has 0 spiro atoms. The first-order valence-corrected chi connectivity index (χ1v) is 12.8. The lowest BCUT2D eigenvalue weighted by Crippen LogP contribution is -2.33. The van der Waals surface area contributed by atoms with Gasteiger partial charge in [0.15, 0.2) is 0 Å². The predicted molar refractivity (Wildman–Crippen MR) is 127 cm³/mol. The number of unbranched alkanes of at least 4 members (excludes halogenated alkanes) is 2. The highest BCUT2D eigenvalue weighted by Gasteiger charge is 2.53. The highest BCUT2D eigenvalue weighted by molar-refractivity contribution is 7.89. The van der Waals surface area contributed by atoms with E-state index >= 15 is 0 Å². The second-order valence-corrected chi connectivity index (χ2v) is 11.0. The summed E-state index contributed by atoms with van der Waals surface area (Å²) in [5, 5.41) is 0. The zero-order valence-corrected chi connectivity index (χ0v) is 20.3. The van der Waals surface area contributed by atoms with Gasteiger partial charge in [-0.3, -0.25) is 0 Å². The Morgan fingerprint density at radius 1 is 1.13 bits per heavy atom. The Balaban J connectivity index is 2.31. The van der Waals surface area contributed by atoms with Gasteiger partial charge < -0.3 is 0 Å². The molecule has 0 saturated heterocycles. The second kappa shape index (κ2) is 10.6. The fourth-order valence-corrected chi connectivity index (χ4v) is 5.33. The third kappa shape index (κ3) is 5.97. The minimum atomic E-state index is -3.55. The molecule has 3 nitrogen and oxygen atoms in total. The van der Waals surface area contributed by atoms with E-state index in [0.29, 0.717) is 18.0 Å². The summed E-state index contributed by atoms with van der Waals surface area (Å²) >= 11 is 0. The summed E-state index contributed by atoms with van der Waals surface area (Å²) in [7, 11) is -3.55. The number of benzene rings is 1. The van der Waals surface area contributed by atoms with E-state index in [1.165, 1.54) is 36.8 Å². The molecule has 1 aliphatic rings. The molecule has 1 fully saturated rings. The van der Waals surface area contributed by atoms with Crippen LogP contribution >= 0.6 is 0 Å². The van der Waals surface area contributed by atoms with Gasteiger partial charge >= 0.3 is 0 Å². The van der Waals surface area contributed by atoms with Gasteiger partial charge in [0.25, 0.3) is 0 Å². The summed E-state index contributed by atoms with van der Waals surface area (Å²) in [4.78, 5) is 0.348. The van der Waals surface area contributed by atoms with Gasteiger partial charge in [0, 0.05) is 24.4 Å². The highest BCUT2D eigenvalue weighted by Crippen LogP contribution is 2.58. The van der Waals surface area contributed by atoms with Gasteiger partial charge in [-0.2, -0.15) is 4.31 Å². The lowest BCUT2D eigenvalue weighted by Gasteiger charge is -2.21. The molecule has 1 aliphatic carbocycles. The quantitative estimate of drug-likeness (QED) is 0.275. The molecule has 0 bridgehead atoms. The van der Waals surface area contributed by atoms with Crippen LogP contribution in [0, 0.1) is 18.3 Å². The molecule has 0 aliphatic heterocycles.